The quantitative estimate of drug-likeness (QED) is 0.516. The monoisotopic (exact) mass is 461 g/mol. The van der Waals surface area contributed by atoms with Crippen molar-refractivity contribution in [2.24, 2.45) is 0 Å². The van der Waals surface area contributed by atoms with Crippen molar-refractivity contribution in [3.8, 4) is 5.75 Å². The number of carbonyl (C=O) groups is 2. The van der Waals surface area contributed by atoms with E-state index in [0.717, 1.165) is 5.56 Å². The van der Waals surface area contributed by atoms with Crippen LogP contribution in [0.15, 0.2) is 53.9 Å². The van der Waals surface area contributed by atoms with Crippen LogP contribution in [0.25, 0.3) is 0 Å². The Morgan fingerprint density at radius 3 is 2.55 bits per heavy atom. The maximum atomic E-state index is 12.9. The van der Waals surface area contributed by atoms with Gasteiger partial charge in [-0.2, -0.15) is 0 Å². The molecule has 1 heterocycles. The summed E-state index contributed by atoms with van der Waals surface area (Å²) in [5, 5.41) is 5.67. The number of aromatic nitrogens is 1. The van der Waals surface area contributed by atoms with Gasteiger partial charge in [-0.3, -0.25) is 9.59 Å². The maximum Gasteiger partial charge on any atom is 0.273 e. The van der Waals surface area contributed by atoms with E-state index in [1.54, 1.807) is 24.4 Å². The number of rotatable bonds is 9. The molecule has 9 heteroatoms. The SMILES string of the molecule is CCN(CC(=O)NCc1ccc(Cl)cc1)C(=O)c1csc(COc2ccc(F)cc2)n1. The largest absolute Gasteiger partial charge is 0.486 e. The van der Waals surface area contributed by atoms with Crippen molar-refractivity contribution in [2.45, 2.75) is 20.1 Å². The number of thiazole rings is 1. The van der Waals surface area contributed by atoms with Crippen LogP contribution in [0.5, 0.6) is 5.75 Å². The van der Waals surface area contributed by atoms with Gasteiger partial charge in [0.05, 0.1) is 6.54 Å². The second-order valence-electron chi connectivity index (χ2n) is 6.59. The first-order valence-corrected chi connectivity index (χ1v) is 10.8. The maximum absolute atomic E-state index is 12.9. The molecule has 162 valence electrons. The fraction of sp³-hybridized carbons (Fsp3) is 0.227. The van der Waals surface area contributed by atoms with Crippen LogP contribution in [0.4, 0.5) is 4.39 Å². The molecule has 0 radical (unpaired) electrons. The van der Waals surface area contributed by atoms with Gasteiger partial charge in [0.15, 0.2) is 0 Å². The van der Waals surface area contributed by atoms with Crippen molar-refractivity contribution >= 4 is 34.8 Å². The van der Waals surface area contributed by atoms with Crippen LogP contribution in [-0.2, 0) is 17.9 Å². The third kappa shape index (κ3) is 6.77. The van der Waals surface area contributed by atoms with Crippen molar-refractivity contribution in [2.75, 3.05) is 13.1 Å². The molecule has 0 saturated heterocycles. The fourth-order valence-corrected chi connectivity index (χ4v) is 3.48. The molecule has 0 aliphatic heterocycles. The topological polar surface area (TPSA) is 71.5 Å². The second kappa shape index (κ2) is 10.9. The minimum absolute atomic E-state index is 0.0676. The van der Waals surface area contributed by atoms with E-state index in [2.05, 4.69) is 10.3 Å². The van der Waals surface area contributed by atoms with Crippen LogP contribution >= 0.6 is 22.9 Å². The third-order valence-corrected chi connectivity index (χ3v) is 5.43. The summed E-state index contributed by atoms with van der Waals surface area (Å²) in [7, 11) is 0. The van der Waals surface area contributed by atoms with E-state index in [-0.39, 0.29) is 36.5 Å². The van der Waals surface area contributed by atoms with Gasteiger partial charge in [-0.15, -0.1) is 11.3 Å². The fourth-order valence-electron chi connectivity index (χ4n) is 2.67. The van der Waals surface area contributed by atoms with Crippen molar-refractivity contribution in [1.82, 2.24) is 15.2 Å². The Balaban J connectivity index is 1.51. The van der Waals surface area contributed by atoms with Crippen LogP contribution in [-0.4, -0.2) is 34.8 Å². The van der Waals surface area contributed by atoms with E-state index >= 15 is 0 Å². The van der Waals surface area contributed by atoms with Gasteiger partial charge in [-0.25, -0.2) is 9.37 Å². The summed E-state index contributed by atoms with van der Waals surface area (Å²) in [4.78, 5) is 30.8. The third-order valence-electron chi connectivity index (χ3n) is 4.35. The second-order valence-corrected chi connectivity index (χ2v) is 7.97. The molecule has 2 aromatic carbocycles. The van der Waals surface area contributed by atoms with Crippen molar-refractivity contribution < 1.29 is 18.7 Å². The lowest BCUT2D eigenvalue weighted by molar-refractivity contribution is -0.121. The van der Waals surface area contributed by atoms with Gasteiger partial charge in [0.25, 0.3) is 5.91 Å². The highest BCUT2D eigenvalue weighted by Crippen LogP contribution is 2.17. The number of likely N-dealkylation sites (N-methyl/N-ethyl adjacent to an activating group) is 1. The smallest absolute Gasteiger partial charge is 0.273 e. The number of benzene rings is 2. The van der Waals surface area contributed by atoms with E-state index in [1.807, 2.05) is 12.1 Å². The van der Waals surface area contributed by atoms with Crippen molar-refractivity contribution in [3.63, 3.8) is 0 Å². The van der Waals surface area contributed by atoms with Crippen LogP contribution in [0.1, 0.15) is 28.0 Å². The molecule has 0 atom stereocenters. The molecule has 3 aromatic rings. The van der Waals surface area contributed by atoms with E-state index in [9.17, 15) is 14.0 Å². The summed E-state index contributed by atoms with van der Waals surface area (Å²) in [5.74, 6) is -0.419. The zero-order valence-electron chi connectivity index (χ0n) is 16.8. The Morgan fingerprint density at radius 2 is 1.87 bits per heavy atom. The molecule has 0 aliphatic carbocycles. The Bertz CT molecular complexity index is 1030. The van der Waals surface area contributed by atoms with Gasteiger partial charge in [-0.05, 0) is 48.9 Å². The van der Waals surface area contributed by atoms with E-state index in [0.29, 0.717) is 28.9 Å². The van der Waals surface area contributed by atoms with Gasteiger partial charge in [0.1, 0.15) is 28.9 Å². The zero-order chi connectivity index (χ0) is 22.2. The number of nitrogens with zero attached hydrogens (tertiary/aromatic N) is 2. The van der Waals surface area contributed by atoms with Gasteiger partial charge >= 0.3 is 0 Å². The highest BCUT2D eigenvalue weighted by atomic mass is 35.5. The van der Waals surface area contributed by atoms with Gasteiger partial charge in [0.2, 0.25) is 5.91 Å². The predicted octanol–water partition coefficient (Wildman–Crippen LogP) is 4.29. The number of hydrogen-bond acceptors (Lipinski definition) is 5. The summed E-state index contributed by atoms with van der Waals surface area (Å²) in [6.07, 6.45) is 0. The molecule has 31 heavy (non-hydrogen) atoms. The Kier molecular flexibility index (Phi) is 7.97. The number of carbonyl (C=O) groups excluding carboxylic acids is 2. The Labute approximate surface area is 188 Å². The van der Waals surface area contributed by atoms with E-state index in [1.165, 1.54) is 40.5 Å². The summed E-state index contributed by atoms with van der Waals surface area (Å²) in [6.45, 7) is 2.61. The standard InChI is InChI=1S/C22H21ClFN3O3S/c1-2-27(12-20(28)25-11-15-3-5-16(23)6-4-15)22(29)19-14-31-21(26-19)13-30-18-9-7-17(24)8-10-18/h3-10,14H,2,11-13H2,1H3,(H,25,28). The molecule has 0 aliphatic rings. The van der Waals surface area contributed by atoms with Crippen molar-refractivity contribution in [1.29, 1.82) is 0 Å². The van der Waals surface area contributed by atoms with Crippen molar-refractivity contribution in [3.05, 3.63) is 81.0 Å². The minimum atomic E-state index is -0.341. The van der Waals surface area contributed by atoms with Gasteiger partial charge in [-0.1, -0.05) is 23.7 Å². The molecule has 0 spiro atoms. The number of ether oxygens (including phenoxy) is 1. The molecular formula is C22H21ClFN3O3S. The number of amides is 2. The Hall–Kier alpha value is -2.97. The molecule has 2 amide bonds. The first kappa shape index (κ1) is 22.7. The normalized spacial score (nSPS) is 10.5. The highest BCUT2D eigenvalue weighted by molar-refractivity contribution is 7.09. The number of halogens is 2. The number of hydrogen-bond donors (Lipinski definition) is 1. The molecule has 0 unspecified atom stereocenters. The lowest BCUT2D eigenvalue weighted by atomic mass is 10.2. The van der Waals surface area contributed by atoms with Crippen LogP contribution in [0.3, 0.4) is 0 Å². The zero-order valence-corrected chi connectivity index (χ0v) is 18.4. The summed E-state index contributed by atoms with van der Waals surface area (Å²) in [6, 6.07) is 12.8. The lowest BCUT2D eigenvalue weighted by Gasteiger charge is -2.19. The molecule has 0 fully saturated rings. The van der Waals surface area contributed by atoms with E-state index in [4.69, 9.17) is 16.3 Å². The van der Waals surface area contributed by atoms with Crippen LogP contribution < -0.4 is 10.1 Å². The average molecular weight is 462 g/mol. The van der Waals surface area contributed by atoms with Crippen LogP contribution in [0.2, 0.25) is 5.02 Å². The summed E-state index contributed by atoms with van der Waals surface area (Å²) < 4.78 is 18.5. The summed E-state index contributed by atoms with van der Waals surface area (Å²) in [5.41, 5.74) is 1.17. The number of nitrogens with one attached hydrogen (secondary N) is 1. The average Bonchev–Trinajstić information content (AvgIpc) is 3.25. The molecule has 1 aromatic heterocycles. The minimum Gasteiger partial charge on any atom is -0.486 e. The van der Waals surface area contributed by atoms with Crippen LogP contribution in [0, 0.1) is 5.82 Å². The first-order chi connectivity index (χ1) is 14.9. The summed E-state index contributed by atoms with van der Waals surface area (Å²) >= 11 is 7.14. The molecule has 3 rings (SSSR count). The highest BCUT2D eigenvalue weighted by Gasteiger charge is 2.20. The Morgan fingerprint density at radius 1 is 1.16 bits per heavy atom. The lowest BCUT2D eigenvalue weighted by Crippen LogP contribution is -2.40. The molecule has 1 N–H and O–H groups in total. The molecule has 0 saturated carbocycles. The predicted molar refractivity (Wildman–Crippen MR) is 118 cm³/mol. The molecular weight excluding hydrogens is 441 g/mol. The molecule has 6 nitrogen and oxygen atoms in total. The first-order valence-electron chi connectivity index (χ1n) is 9.57. The van der Waals surface area contributed by atoms with E-state index < -0.39 is 0 Å². The van der Waals surface area contributed by atoms with Gasteiger partial charge in [0, 0.05) is 23.5 Å². The van der Waals surface area contributed by atoms with Gasteiger partial charge < -0.3 is 15.0 Å². The molecule has 0 bridgehead atoms.